The Morgan fingerprint density at radius 3 is 2.07 bits per heavy atom. The Morgan fingerprint density at radius 2 is 1.60 bits per heavy atom. The third-order valence-corrected chi connectivity index (χ3v) is 2.95. The smallest absolute Gasteiger partial charge is 0.409 e. The SMILES string of the molecule is COC(=O)N1CCN(C(=O)C2CC2)CC1. The third-order valence-electron chi connectivity index (χ3n) is 2.95. The summed E-state index contributed by atoms with van der Waals surface area (Å²) in [4.78, 5) is 26.4. The van der Waals surface area contributed by atoms with E-state index < -0.39 is 0 Å². The number of hydrogen-bond acceptors (Lipinski definition) is 3. The van der Waals surface area contributed by atoms with Crippen molar-refractivity contribution in [3.05, 3.63) is 0 Å². The van der Waals surface area contributed by atoms with Crippen molar-refractivity contribution in [3.8, 4) is 0 Å². The van der Waals surface area contributed by atoms with Crippen LogP contribution < -0.4 is 0 Å². The third kappa shape index (κ3) is 2.22. The number of carbonyl (C=O) groups excluding carboxylic acids is 2. The van der Waals surface area contributed by atoms with Crippen LogP contribution in [0.4, 0.5) is 4.79 Å². The Morgan fingerprint density at radius 1 is 1.07 bits per heavy atom. The average molecular weight is 212 g/mol. The first kappa shape index (κ1) is 10.3. The molecule has 2 aliphatic rings. The fourth-order valence-electron chi connectivity index (χ4n) is 1.83. The Labute approximate surface area is 89.0 Å². The zero-order valence-corrected chi connectivity index (χ0v) is 8.94. The predicted octanol–water partition coefficient (Wildman–Crippen LogP) is 0.307. The zero-order chi connectivity index (χ0) is 10.8. The van der Waals surface area contributed by atoms with Crippen molar-refractivity contribution in [2.75, 3.05) is 33.3 Å². The normalized spacial score (nSPS) is 21.4. The molecule has 1 heterocycles. The number of methoxy groups -OCH3 is 1. The molecule has 1 saturated carbocycles. The Kier molecular flexibility index (Phi) is 2.79. The van der Waals surface area contributed by atoms with Crippen molar-refractivity contribution >= 4 is 12.0 Å². The molecule has 0 radical (unpaired) electrons. The van der Waals surface area contributed by atoms with Crippen molar-refractivity contribution in [2.24, 2.45) is 5.92 Å². The lowest BCUT2D eigenvalue weighted by Crippen LogP contribution is -2.51. The highest BCUT2D eigenvalue weighted by Crippen LogP contribution is 2.31. The van der Waals surface area contributed by atoms with Gasteiger partial charge in [-0.3, -0.25) is 4.79 Å². The molecule has 0 aromatic rings. The van der Waals surface area contributed by atoms with Gasteiger partial charge in [0.2, 0.25) is 5.91 Å². The number of piperazine rings is 1. The van der Waals surface area contributed by atoms with Gasteiger partial charge in [0.1, 0.15) is 0 Å². The molecule has 2 amide bonds. The summed E-state index contributed by atoms with van der Waals surface area (Å²) in [5, 5.41) is 0. The van der Waals surface area contributed by atoms with Gasteiger partial charge in [0.25, 0.3) is 0 Å². The summed E-state index contributed by atoms with van der Waals surface area (Å²) in [5.74, 6) is 0.536. The monoisotopic (exact) mass is 212 g/mol. The van der Waals surface area contributed by atoms with Crippen LogP contribution in [0.5, 0.6) is 0 Å². The number of carbonyl (C=O) groups is 2. The van der Waals surface area contributed by atoms with Crippen LogP contribution in [0.15, 0.2) is 0 Å². The summed E-state index contributed by atoms with van der Waals surface area (Å²) in [7, 11) is 1.38. The standard InChI is InChI=1S/C10H16N2O3/c1-15-10(14)12-6-4-11(5-7-12)9(13)8-2-3-8/h8H,2-7H2,1H3. The minimum absolute atomic E-state index is 0.263. The zero-order valence-electron chi connectivity index (χ0n) is 8.94. The highest BCUT2D eigenvalue weighted by molar-refractivity contribution is 5.81. The van der Waals surface area contributed by atoms with Crippen molar-refractivity contribution in [1.82, 2.24) is 9.80 Å². The quantitative estimate of drug-likeness (QED) is 0.628. The van der Waals surface area contributed by atoms with E-state index in [1.807, 2.05) is 4.90 Å². The number of hydrogen-bond donors (Lipinski definition) is 0. The Bertz CT molecular complexity index is 268. The van der Waals surface area contributed by atoms with E-state index in [9.17, 15) is 9.59 Å². The second kappa shape index (κ2) is 4.08. The molecule has 0 unspecified atom stereocenters. The van der Waals surface area contributed by atoms with Crippen LogP contribution in [-0.4, -0.2) is 55.1 Å². The summed E-state index contributed by atoms with van der Waals surface area (Å²) in [5.41, 5.74) is 0. The van der Waals surface area contributed by atoms with E-state index in [1.54, 1.807) is 4.90 Å². The molecule has 15 heavy (non-hydrogen) atoms. The van der Waals surface area contributed by atoms with E-state index in [1.165, 1.54) is 7.11 Å². The highest BCUT2D eigenvalue weighted by Gasteiger charge is 2.35. The molecule has 1 aliphatic carbocycles. The molecule has 84 valence electrons. The van der Waals surface area contributed by atoms with E-state index in [0.29, 0.717) is 26.2 Å². The highest BCUT2D eigenvalue weighted by atomic mass is 16.5. The molecule has 0 bridgehead atoms. The van der Waals surface area contributed by atoms with Crippen LogP contribution >= 0.6 is 0 Å². The topological polar surface area (TPSA) is 49.9 Å². The van der Waals surface area contributed by atoms with Crippen molar-refractivity contribution in [1.29, 1.82) is 0 Å². The lowest BCUT2D eigenvalue weighted by molar-refractivity contribution is -0.134. The van der Waals surface area contributed by atoms with Crippen molar-refractivity contribution < 1.29 is 14.3 Å². The molecule has 5 nitrogen and oxygen atoms in total. The largest absolute Gasteiger partial charge is 0.453 e. The van der Waals surface area contributed by atoms with E-state index in [-0.39, 0.29) is 17.9 Å². The predicted molar refractivity (Wildman–Crippen MR) is 53.3 cm³/mol. The summed E-state index contributed by atoms with van der Waals surface area (Å²) >= 11 is 0. The molecule has 2 rings (SSSR count). The van der Waals surface area contributed by atoms with Gasteiger partial charge in [-0.2, -0.15) is 0 Å². The molecule has 1 saturated heterocycles. The number of ether oxygens (including phenoxy) is 1. The molecule has 0 atom stereocenters. The van der Waals surface area contributed by atoms with Crippen LogP contribution in [0.25, 0.3) is 0 Å². The van der Waals surface area contributed by atoms with Crippen molar-refractivity contribution in [2.45, 2.75) is 12.8 Å². The van der Waals surface area contributed by atoms with E-state index in [2.05, 4.69) is 4.74 Å². The van der Waals surface area contributed by atoms with Gasteiger partial charge in [0.15, 0.2) is 0 Å². The van der Waals surface area contributed by atoms with Crippen LogP contribution in [0.1, 0.15) is 12.8 Å². The summed E-state index contributed by atoms with van der Waals surface area (Å²) in [6.45, 7) is 2.46. The van der Waals surface area contributed by atoms with Gasteiger partial charge in [0, 0.05) is 32.1 Å². The van der Waals surface area contributed by atoms with E-state index in [4.69, 9.17) is 0 Å². The molecule has 0 spiro atoms. The van der Waals surface area contributed by atoms with E-state index in [0.717, 1.165) is 12.8 Å². The average Bonchev–Trinajstić information content (AvgIpc) is 3.11. The number of rotatable bonds is 1. The minimum Gasteiger partial charge on any atom is -0.453 e. The van der Waals surface area contributed by atoms with Crippen LogP contribution in [-0.2, 0) is 9.53 Å². The van der Waals surface area contributed by atoms with Crippen LogP contribution in [0.2, 0.25) is 0 Å². The fourth-order valence-corrected chi connectivity index (χ4v) is 1.83. The van der Waals surface area contributed by atoms with E-state index >= 15 is 0 Å². The maximum absolute atomic E-state index is 11.7. The lowest BCUT2D eigenvalue weighted by Gasteiger charge is -2.33. The fraction of sp³-hybridized carbons (Fsp3) is 0.800. The first-order valence-electron chi connectivity index (χ1n) is 5.34. The molecule has 0 aromatic carbocycles. The minimum atomic E-state index is -0.298. The Hall–Kier alpha value is -1.26. The molecule has 2 fully saturated rings. The number of amides is 2. The molecule has 0 N–H and O–H groups in total. The molecule has 1 aliphatic heterocycles. The second-order valence-corrected chi connectivity index (χ2v) is 4.06. The van der Waals surface area contributed by atoms with Gasteiger partial charge in [-0.1, -0.05) is 0 Å². The summed E-state index contributed by atoms with van der Waals surface area (Å²) in [6.07, 6.45) is 1.78. The molecule has 5 heteroatoms. The maximum atomic E-state index is 11.7. The van der Waals surface area contributed by atoms with Crippen LogP contribution in [0.3, 0.4) is 0 Å². The number of nitrogens with zero attached hydrogens (tertiary/aromatic N) is 2. The van der Waals surface area contributed by atoms with Gasteiger partial charge < -0.3 is 14.5 Å². The lowest BCUT2D eigenvalue weighted by atomic mass is 10.3. The molecular weight excluding hydrogens is 196 g/mol. The molecular formula is C10H16N2O3. The van der Waals surface area contributed by atoms with Gasteiger partial charge in [-0.25, -0.2) is 4.79 Å². The van der Waals surface area contributed by atoms with Gasteiger partial charge in [-0.05, 0) is 12.8 Å². The van der Waals surface area contributed by atoms with Gasteiger partial charge in [0.05, 0.1) is 7.11 Å². The van der Waals surface area contributed by atoms with Crippen molar-refractivity contribution in [3.63, 3.8) is 0 Å². The Balaban J connectivity index is 1.81. The first-order chi connectivity index (χ1) is 7.22. The first-order valence-corrected chi connectivity index (χ1v) is 5.34. The second-order valence-electron chi connectivity index (χ2n) is 4.06. The maximum Gasteiger partial charge on any atom is 0.409 e. The summed E-state index contributed by atoms with van der Waals surface area (Å²) < 4.78 is 4.63. The van der Waals surface area contributed by atoms with Gasteiger partial charge >= 0.3 is 6.09 Å². The summed E-state index contributed by atoms with van der Waals surface area (Å²) in [6, 6.07) is 0. The van der Waals surface area contributed by atoms with Crippen LogP contribution in [0, 0.1) is 5.92 Å². The molecule has 0 aromatic heterocycles. The van der Waals surface area contributed by atoms with Gasteiger partial charge in [-0.15, -0.1) is 0 Å².